The standard InChI is InChI=1S/C21H20N4O/c1-15-6-2-3-7-16(15)13-25-14-18(12-23-25)24-21(26)10-17-11-22-20-9-5-4-8-19(17)20/h2-9,11-12,14,22H,10,13H2,1H3,(H,24,26). The van der Waals surface area contributed by atoms with Crippen LogP contribution in [0, 0.1) is 6.92 Å². The van der Waals surface area contributed by atoms with Crippen LogP contribution in [-0.4, -0.2) is 20.7 Å². The molecule has 0 radical (unpaired) electrons. The molecule has 130 valence electrons. The molecule has 0 aliphatic rings. The average molecular weight is 344 g/mol. The van der Waals surface area contributed by atoms with E-state index >= 15 is 0 Å². The van der Waals surface area contributed by atoms with Gasteiger partial charge in [0.2, 0.25) is 5.91 Å². The summed E-state index contributed by atoms with van der Waals surface area (Å²) in [5, 5.41) is 8.36. The van der Waals surface area contributed by atoms with Crippen LogP contribution in [0.3, 0.4) is 0 Å². The minimum Gasteiger partial charge on any atom is -0.361 e. The van der Waals surface area contributed by atoms with Crippen LogP contribution in [-0.2, 0) is 17.8 Å². The lowest BCUT2D eigenvalue weighted by molar-refractivity contribution is -0.115. The number of nitrogens with one attached hydrogen (secondary N) is 2. The number of nitrogens with zero attached hydrogens (tertiary/aromatic N) is 2. The van der Waals surface area contributed by atoms with Gasteiger partial charge in [-0.1, -0.05) is 42.5 Å². The van der Waals surface area contributed by atoms with Crippen LogP contribution in [0.5, 0.6) is 0 Å². The van der Waals surface area contributed by atoms with E-state index in [4.69, 9.17) is 0 Å². The second-order valence-electron chi connectivity index (χ2n) is 6.44. The van der Waals surface area contributed by atoms with E-state index in [1.54, 1.807) is 6.20 Å². The molecule has 2 N–H and O–H groups in total. The summed E-state index contributed by atoms with van der Waals surface area (Å²) in [6, 6.07) is 16.2. The summed E-state index contributed by atoms with van der Waals surface area (Å²) >= 11 is 0. The van der Waals surface area contributed by atoms with Crippen molar-refractivity contribution in [1.29, 1.82) is 0 Å². The fourth-order valence-electron chi connectivity index (χ4n) is 3.13. The maximum atomic E-state index is 12.4. The lowest BCUT2D eigenvalue weighted by Gasteiger charge is -2.05. The number of rotatable bonds is 5. The van der Waals surface area contributed by atoms with Gasteiger partial charge in [0, 0.05) is 23.3 Å². The molecule has 2 aromatic carbocycles. The summed E-state index contributed by atoms with van der Waals surface area (Å²) in [5.41, 5.74) is 5.19. The predicted octanol–water partition coefficient (Wildman–Crippen LogP) is 3.90. The van der Waals surface area contributed by atoms with E-state index in [9.17, 15) is 4.79 Å². The molecule has 0 bridgehead atoms. The van der Waals surface area contributed by atoms with Crippen molar-refractivity contribution in [3.05, 3.63) is 83.8 Å². The molecule has 0 saturated heterocycles. The number of aryl methyl sites for hydroxylation is 1. The van der Waals surface area contributed by atoms with Crippen LogP contribution in [0.2, 0.25) is 0 Å². The van der Waals surface area contributed by atoms with Crippen LogP contribution in [0.1, 0.15) is 16.7 Å². The topological polar surface area (TPSA) is 62.7 Å². The number of aromatic nitrogens is 3. The first-order valence-electron chi connectivity index (χ1n) is 8.61. The summed E-state index contributed by atoms with van der Waals surface area (Å²) in [7, 11) is 0. The molecule has 0 saturated carbocycles. The Kier molecular flexibility index (Phi) is 4.27. The highest BCUT2D eigenvalue weighted by molar-refractivity contribution is 5.95. The molecule has 0 aliphatic carbocycles. The summed E-state index contributed by atoms with van der Waals surface area (Å²) < 4.78 is 1.84. The molecule has 0 atom stereocenters. The second-order valence-corrected chi connectivity index (χ2v) is 6.44. The van der Waals surface area contributed by atoms with Gasteiger partial charge in [0.15, 0.2) is 0 Å². The molecule has 2 aromatic heterocycles. The Morgan fingerprint density at radius 3 is 2.81 bits per heavy atom. The Labute approximate surface area is 151 Å². The molecule has 0 aliphatic heterocycles. The Morgan fingerprint density at radius 2 is 1.92 bits per heavy atom. The molecule has 26 heavy (non-hydrogen) atoms. The lowest BCUT2D eigenvalue weighted by Crippen LogP contribution is -2.13. The van der Waals surface area contributed by atoms with Gasteiger partial charge in [0.25, 0.3) is 0 Å². The minimum absolute atomic E-state index is 0.0507. The van der Waals surface area contributed by atoms with Crippen LogP contribution in [0.15, 0.2) is 67.1 Å². The number of amides is 1. The molecule has 0 unspecified atom stereocenters. The Balaban J connectivity index is 1.42. The molecule has 5 nitrogen and oxygen atoms in total. The van der Waals surface area contributed by atoms with E-state index in [2.05, 4.69) is 34.5 Å². The number of carbonyl (C=O) groups is 1. The van der Waals surface area contributed by atoms with Gasteiger partial charge in [-0.05, 0) is 29.7 Å². The minimum atomic E-state index is -0.0507. The number of H-pyrrole nitrogens is 1. The van der Waals surface area contributed by atoms with Gasteiger partial charge in [0.05, 0.1) is 24.8 Å². The van der Waals surface area contributed by atoms with Gasteiger partial charge < -0.3 is 10.3 Å². The second kappa shape index (κ2) is 6.88. The van der Waals surface area contributed by atoms with Crippen LogP contribution in [0.4, 0.5) is 5.69 Å². The molecule has 4 aromatic rings. The zero-order valence-electron chi connectivity index (χ0n) is 14.6. The average Bonchev–Trinajstić information content (AvgIpc) is 3.24. The lowest BCUT2D eigenvalue weighted by atomic mass is 10.1. The maximum absolute atomic E-state index is 12.4. The number of anilines is 1. The summed E-state index contributed by atoms with van der Waals surface area (Å²) in [6.45, 7) is 2.77. The van der Waals surface area contributed by atoms with E-state index in [1.807, 2.05) is 53.5 Å². The van der Waals surface area contributed by atoms with Crippen molar-refractivity contribution in [2.24, 2.45) is 0 Å². The van der Waals surface area contributed by atoms with Crippen molar-refractivity contribution < 1.29 is 4.79 Å². The number of hydrogen-bond acceptors (Lipinski definition) is 2. The molecule has 2 heterocycles. The quantitative estimate of drug-likeness (QED) is 0.577. The van der Waals surface area contributed by atoms with Crippen molar-refractivity contribution in [1.82, 2.24) is 14.8 Å². The third kappa shape index (κ3) is 3.37. The van der Waals surface area contributed by atoms with E-state index < -0.39 is 0 Å². The zero-order chi connectivity index (χ0) is 17.9. The number of aromatic amines is 1. The molecule has 4 rings (SSSR count). The first kappa shape index (κ1) is 16.1. The molecule has 5 heteroatoms. The summed E-state index contributed by atoms with van der Waals surface area (Å²) in [4.78, 5) is 15.6. The van der Waals surface area contributed by atoms with Crippen LogP contribution in [0.25, 0.3) is 10.9 Å². The van der Waals surface area contributed by atoms with Gasteiger partial charge in [-0.15, -0.1) is 0 Å². The largest absolute Gasteiger partial charge is 0.361 e. The van der Waals surface area contributed by atoms with Crippen LogP contribution >= 0.6 is 0 Å². The Morgan fingerprint density at radius 1 is 1.12 bits per heavy atom. The van der Waals surface area contributed by atoms with E-state index in [0.717, 1.165) is 16.5 Å². The summed E-state index contributed by atoms with van der Waals surface area (Å²) in [6.07, 6.45) is 5.77. The Bertz CT molecular complexity index is 1060. The molecule has 0 fully saturated rings. The van der Waals surface area contributed by atoms with Crippen LogP contribution < -0.4 is 5.32 Å². The van der Waals surface area contributed by atoms with E-state index in [1.165, 1.54) is 11.1 Å². The van der Waals surface area contributed by atoms with Gasteiger partial charge >= 0.3 is 0 Å². The third-order valence-corrected chi connectivity index (χ3v) is 4.54. The first-order valence-corrected chi connectivity index (χ1v) is 8.61. The van der Waals surface area contributed by atoms with E-state index in [-0.39, 0.29) is 5.91 Å². The van der Waals surface area contributed by atoms with Crippen molar-refractivity contribution in [3.8, 4) is 0 Å². The van der Waals surface area contributed by atoms with Crippen molar-refractivity contribution in [2.45, 2.75) is 19.9 Å². The molecule has 1 amide bonds. The Hall–Kier alpha value is -3.34. The SMILES string of the molecule is Cc1ccccc1Cn1cc(NC(=O)Cc2c[nH]c3ccccc23)cn1. The number of para-hydroxylation sites is 1. The van der Waals surface area contributed by atoms with Gasteiger partial charge in [0.1, 0.15) is 0 Å². The summed E-state index contributed by atoms with van der Waals surface area (Å²) in [5.74, 6) is -0.0507. The monoisotopic (exact) mass is 344 g/mol. The highest BCUT2D eigenvalue weighted by Crippen LogP contribution is 2.19. The molecular weight excluding hydrogens is 324 g/mol. The fourth-order valence-corrected chi connectivity index (χ4v) is 3.13. The van der Waals surface area contributed by atoms with Gasteiger partial charge in [-0.2, -0.15) is 5.10 Å². The normalized spacial score (nSPS) is 11.0. The maximum Gasteiger partial charge on any atom is 0.228 e. The smallest absolute Gasteiger partial charge is 0.228 e. The zero-order valence-corrected chi connectivity index (χ0v) is 14.6. The van der Waals surface area contributed by atoms with E-state index in [0.29, 0.717) is 18.7 Å². The van der Waals surface area contributed by atoms with Crippen molar-refractivity contribution in [3.63, 3.8) is 0 Å². The number of benzene rings is 2. The number of carbonyl (C=O) groups excluding carboxylic acids is 1. The highest BCUT2D eigenvalue weighted by Gasteiger charge is 2.10. The van der Waals surface area contributed by atoms with Gasteiger partial charge in [-0.25, -0.2) is 0 Å². The predicted molar refractivity (Wildman–Crippen MR) is 103 cm³/mol. The third-order valence-electron chi connectivity index (χ3n) is 4.54. The van der Waals surface area contributed by atoms with Crippen molar-refractivity contribution >= 4 is 22.5 Å². The fraction of sp³-hybridized carbons (Fsp3) is 0.143. The highest BCUT2D eigenvalue weighted by atomic mass is 16.1. The number of fused-ring (bicyclic) bond motifs is 1. The molecular formula is C21H20N4O. The molecule has 0 spiro atoms. The number of hydrogen-bond donors (Lipinski definition) is 2. The van der Waals surface area contributed by atoms with Gasteiger partial charge in [-0.3, -0.25) is 9.48 Å². The van der Waals surface area contributed by atoms with Crippen molar-refractivity contribution in [2.75, 3.05) is 5.32 Å². The first-order chi connectivity index (χ1) is 12.7.